The number of nitrogens with one attached hydrogen (secondary N) is 1. The number of piperidine rings is 3. The van der Waals surface area contributed by atoms with Crippen LogP contribution in [0.5, 0.6) is 5.75 Å². The highest BCUT2D eigenvalue weighted by Crippen LogP contribution is 2.48. The van der Waals surface area contributed by atoms with Crippen LogP contribution in [0.2, 0.25) is 0 Å². The summed E-state index contributed by atoms with van der Waals surface area (Å²) in [5, 5.41) is 13.8. The Labute approximate surface area is 520 Å². The van der Waals surface area contributed by atoms with Crippen LogP contribution in [0.1, 0.15) is 150 Å². The van der Waals surface area contributed by atoms with Crippen molar-refractivity contribution in [1.29, 1.82) is 0 Å². The highest BCUT2D eigenvalue weighted by molar-refractivity contribution is 5.95. The topological polar surface area (TPSA) is 124 Å². The van der Waals surface area contributed by atoms with E-state index in [0.29, 0.717) is 144 Å². The van der Waals surface area contributed by atoms with Gasteiger partial charge in [-0.25, -0.2) is 0 Å². The number of aryl methyl sites for hydroxylation is 2. The van der Waals surface area contributed by atoms with E-state index in [1.54, 1.807) is 91.4 Å². The van der Waals surface area contributed by atoms with Gasteiger partial charge in [0, 0.05) is 107 Å². The number of likely N-dealkylation sites (N-methyl/N-ethyl adjacent to an activating group) is 2. The van der Waals surface area contributed by atoms with E-state index in [2.05, 4.69) is 15.1 Å². The van der Waals surface area contributed by atoms with E-state index in [-0.39, 0.29) is 19.1 Å². The summed E-state index contributed by atoms with van der Waals surface area (Å²) in [5.74, 6) is 0.508. The zero-order valence-electron chi connectivity index (χ0n) is 52.4. The van der Waals surface area contributed by atoms with E-state index in [1.807, 2.05) is 71.0 Å². The molecule has 3 fully saturated rings. The van der Waals surface area contributed by atoms with Gasteiger partial charge in [-0.1, -0.05) is 23.8 Å². The van der Waals surface area contributed by atoms with E-state index in [4.69, 9.17) is 4.74 Å². The molecule has 3 spiro atoms. The summed E-state index contributed by atoms with van der Waals surface area (Å²) in [6.07, 6.45) is -9.59. The number of ether oxygens (including phenoxy) is 1. The first-order valence-corrected chi connectivity index (χ1v) is 30.6. The molecule has 488 valence electrons. The molecule has 0 unspecified atom stereocenters. The zero-order valence-corrected chi connectivity index (χ0v) is 52.4. The van der Waals surface area contributed by atoms with E-state index in [1.165, 1.54) is 31.9 Å². The summed E-state index contributed by atoms with van der Waals surface area (Å²) < 4.78 is 131. The number of rotatable bonds is 5. The van der Waals surface area contributed by atoms with Gasteiger partial charge in [-0.3, -0.25) is 24.2 Å². The molecule has 0 radical (unpaired) electrons. The molecule has 23 heteroatoms. The Morgan fingerprint density at radius 1 is 0.511 bits per heavy atom. The van der Waals surface area contributed by atoms with Crippen molar-refractivity contribution >= 4 is 17.7 Å². The van der Waals surface area contributed by atoms with Crippen molar-refractivity contribution in [2.45, 2.75) is 139 Å². The van der Waals surface area contributed by atoms with E-state index < -0.39 is 63.4 Å². The van der Waals surface area contributed by atoms with Gasteiger partial charge in [0.25, 0.3) is 17.7 Å². The van der Waals surface area contributed by atoms with Gasteiger partial charge in [-0.15, -0.1) is 0 Å². The quantitative estimate of drug-likeness (QED) is 0.164. The van der Waals surface area contributed by atoms with Crippen molar-refractivity contribution in [3.63, 3.8) is 0 Å². The Kier molecular flexibility index (Phi) is 17.7. The largest absolute Gasteiger partial charge is 0.497 e. The fourth-order valence-corrected chi connectivity index (χ4v) is 14.7. The molecular formula is C67H82F9N9O5. The Hall–Kier alpha value is -7.08. The molecule has 0 saturated carbocycles. The molecule has 6 aliphatic heterocycles. The van der Waals surface area contributed by atoms with Gasteiger partial charge < -0.3 is 43.6 Å². The molecule has 12 rings (SSSR count). The number of hydrogen-bond donors (Lipinski definition) is 2. The lowest BCUT2D eigenvalue weighted by Crippen LogP contribution is -2.61. The van der Waals surface area contributed by atoms with Crippen molar-refractivity contribution in [2.75, 3.05) is 80.1 Å². The molecule has 0 aliphatic carbocycles. The van der Waals surface area contributed by atoms with Crippen molar-refractivity contribution in [1.82, 2.24) is 43.5 Å². The van der Waals surface area contributed by atoms with Gasteiger partial charge in [0.05, 0.1) is 34.9 Å². The fourth-order valence-electron chi connectivity index (χ4n) is 14.7. The third kappa shape index (κ3) is 12.4. The number of aliphatic hydroxyl groups is 1. The van der Waals surface area contributed by atoms with Crippen molar-refractivity contribution in [3.05, 3.63) is 171 Å². The average Bonchev–Trinajstić information content (AvgIpc) is 1.68. The van der Waals surface area contributed by atoms with Crippen LogP contribution in [-0.4, -0.2) is 141 Å². The normalized spacial score (nSPS) is 19.7. The Morgan fingerprint density at radius 2 is 0.900 bits per heavy atom. The van der Waals surface area contributed by atoms with Gasteiger partial charge >= 0.3 is 18.5 Å². The number of nitrogens with zero attached hydrogens (tertiary/aromatic N) is 8. The number of fused-ring (bicyclic) bond motifs is 6. The summed E-state index contributed by atoms with van der Waals surface area (Å²) in [6, 6.07) is 28.1. The molecular weight excluding hydrogens is 1180 g/mol. The van der Waals surface area contributed by atoms with Gasteiger partial charge in [0.15, 0.2) is 0 Å². The number of likely N-dealkylation sites (tertiary alicyclic amines) is 3. The predicted molar refractivity (Wildman–Crippen MR) is 324 cm³/mol. The molecule has 0 atom stereocenters. The number of amides is 3. The number of carbonyl (C=O) groups is 3. The maximum absolute atomic E-state index is 13.7. The number of alkyl halides is 9. The van der Waals surface area contributed by atoms with Crippen LogP contribution >= 0.6 is 0 Å². The fraction of sp³-hybridized carbons (Fsp3) is 0.507. The predicted octanol–water partition coefficient (Wildman–Crippen LogP) is 12.2. The van der Waals surface area contributed by atoms with E-state index >= 15 is 0 Å². The van der Waals surface area contributed by atoms with Crippen LogP contribution in [0.25, 0.3) is 0 Å². The first-order chi connectivity index (χ1) is 42.1. The minimum absolute atomic E-state index is 0. The molecule has 14 nitrogen and oxygen atoms in total. The number of halogens is 9. The lowest BCUT2D eigenvalue weighted by molar-refractivity contribution is -0.146. The SMILES string of the molecule is COc1ccc(C(=O)N2CCC3(CC2)c2ccc(C(F)(F)F)n2CCN3C)cc1.Cc1cc(C(=O)N2CCC3(CC2)NCC(C)(C)n2c(C(F)(F)F)ccc23)ccc1C(C)(C)O.Cc1ccc(C(=O)N2CCC3(CC2)c2ccc(C(F)(F)F)n2CCN3C)cc1.[HH]. The van der Waals surface area contributed by atoms with E-state index in [0.717, 1.165) is 22.4 Å². The molecule has 2 N–H and O–H groups in total. The van der Waals surface area contributed by atoms with Gasteiger partial charge in [-0.05, 0) is 190 Å². The maximum atomic E-state index is 13.7. The molecule has 3 aromatic heterocycles. The lowest BCUT2D eigenvalue weighted by atomic mass is 9.80. The summed E-state index contributed by atoms with van der Waals surface area (Å²) in [7, 11) is 5.51. The van der Waals surface area contributed by atoms with Gasteiger partial charge in [0.1, 0.15) is 22.8 Å². The Balaban J connectivity index is 0.000000161. The number of benzene rings is 3. The monoisotopic (exact) mass is 1260 g/mol. The number of hydrogen-bond acceptors (Lipinski definition) is 8. The maximum Gasteiger partial charge on any atom is 0.431 e. The van der Waals surface area contributed by atoms with Crippen LogP contribution in [0.15, 0.2) is 103 Å². The summed E-state index contributed by atoms with van der Waals surface area (Å²) in [4.78, 5) is 48.5. The molecule has 3 saturated heterocycles. The molecule has 3 amide bonds. The highest BCUT2D eigenvalue weighted by Gasteiger charge is 2.52. The van der Waals surface area contributed by atoms with Crippen molar-refractivity contribution in [3.8, 4) is 5.75 Å². The minimum atomic E-state index is -4.42. The average molecular weight is 1260 g/mol. The second-order valence-corrected chi connectivity index (χ2v) is 26.2. The Morgan fingerprint density at radius 3 is 1.31 bits per heavy atom. The number of aromatic nitrogens is 3. The molecule has 9 heterocycles. The second kappa shape index (κ2) is 24.2. The van der Waals surface area contributed by atoms with Crippen LogP contribution in [-0.2, 0) is 59.4 Å². The van der Waals surface area contributed by atoms with E-state index in [9.17, 15) is 59.0 Å². The third-order valence-corrected chi connectivity index (χ3v) is 19.8. The van der Waals surface area contributed by atoms with Crippen LogP contribution in [0, 0.1) is 13.8 Å². The number of carbonyl (C=O) groups excluding carboxylic acids is 3. The van der Waals surface area contributed by atoms with Crippen LogP contribution < -0.4 is 10.1 Å². The van der Waals surface area contributed by atoms with Crippen molar-refractivity contribution < 1.29 is 65.2 Å². The minimum Gasteiger partial charge on any atom is -0.497 e. The molecule has 6 aromatic rings. The Bertz CT molecular complexity index is 3600. The lowest BCUT2D eigenvalue weighted by Gasteiger charge is -2.50. The highest BCUT2D eigenvalue weighted by atomic mass is 19.4. The number of methoxy groups -OCH3 is 1. The van der Waals surface area contributed by atoms with Crippen LogP contribution in [0.4, 0.5) is 39.5 Å². The zero-order chi connectivity index (χ0) is 65.3. The van der Waals surface area contributed by atoms with Gasteiger partial charge in [-0.2, -0.15) is 39.5 Å². The summed E-state index contributed by atoms with van der Waals surface area (Å²) in [6.45, 7) is 16.0. The molecule has 90 heavy (non-hydrogen) atoms. The standard InChI is InChI=1S/C25H32F3N3O2.C21H24F3N3O2.C21H24F3N3O.H2/c1-16-14-17(6-7-18(16)23(4,5)33)21(32)30-12-10-24(11-13-30)19-8-9-20(25(26,27)28)31(19)22(2,3)15-29-24;1-25-13-14-27-17(7-8-18(27)21(22,23)24)20(25)9-11-26(12-10-20)19(28)15-3-5-16(29-2)6-4-15;1-15-3-5-16(6-4-15)19(28)26-11-9-20(10-12-26)17-7-8-18(21(22,23)24)27(17)14-13-25(20)2;/h6-9,14,29,33H,10-13,15H2,1-5H3;3-8H,9-14H2,1-2H3;3-8H,9-14H2,1-2H3;1H. The van der Waals surface area contributed by atoms with Crippen molar-refractivity contribution in [2.24, 2.45) is 0 Å². The first kappa shape index (κ1) is 65.9. The van der Waals surface area contributed by atoms with Gasteiger partial charge in [0.2, 0.25) is 0 Å². The summed E-state index contributed by atoms with van der Waals surface area (Å²) >= 11 is 0. The molecule has 6 aliphatic rings. The third-order valence-electron chi connectivity index (χ3n) is 19.8. The second-order valence-electron chi connectivity index (χ2n) is 26.2. The van der Waals surface area contributed by atoms with Crippen LogP contribution in [0.3, 0.4) is 0 Å². The molecule has 3 aromatic carbocycles. The molecule has 0 bridgehead atoms. The first-order valence-electron chi connectivity index (χ1n) is 30.6. The smallest absolute Gasteiger partial charge is 0.431 e. The summed E-state index contributed by atoms with van der Waals surface area (Å²) in [5.41, 5.74) is 1.57.